The second-order valence-electron chi connectivity index (χ2n) is 6.20. The van der Waals surface area contributed by atoms with Crippen LogP contribution in [0.3, 0.4) is 0 Å². The fraction of sp³-hybridized carbons (Fsp3) is 0.235. The van der Waals surface area contributed by atoms with Crippen molar-refractivity contribution in [1.29, 1.82) is 0 Å². The molecule has 1 aliphatic rings. The summed E-state index contributed by atoms with van der Waals surface area (Å²) in [6.45, 7) is 2.69. The smallest absolute Gasteiger partial charge is 0.292 e. The van der Waals surface area contributed by atoms with E-state index in [0.29, 0.717) is 40.7 Å². The van der Waals surface area contributed by atoms with E-state index in [1.54, 1.807) is 18.2 Å². The normalized spacial score (nSPS) is 14.3. The van der Waals surface area contributed by atoms with Crippen LogP contribution >= 0.6 is 11.6 Å². The van der Waals surface area contributed by atoms with Crippen LogP contribution in [0.4, 0.5) is 11.6 Å². The van der Waals surface area contributed by atoms with Crippen molar-refractivity contribution >= 4 is 46.0 Å². The fourth-order valence-electron chi connectivity index (χ4n) is 2.85. The summed E-state index contributed by atoms with van der Waals surface area (Å²) in [5.41, 5.74) is 1.44. The van der Waals surface area contributed by atoms with Crippen molar-refractivity contribution in [2.75, 3.05) is 25.0 Å². The summed E-state index contributed by atoms with van der Waals surface area (Å²) in [5, 5.41) is 14.0. The van der Waals surface area contributed by atoms with Gasteiger partial charge in [-0.15, -0.1) is 0 Å². The van der Waals surface area contributed by atoms with Gasteiger partial charge in [0.15, 0.2) is 5.82 Å². The molecule has 1 aliphatic heterocycles. The van der Waals surface area contributed by atoms with Gasteiger partial charge in [0.1, 0.15) is 12.4 Å². The van der Waals surface area contributed by atoms with Crippen LogP contribution < -0.4 is 10.6 Å². The maximum absolute atomic E-state index is 12.8. The summed E-state index contributed by atoms with van der Waals surface area (Å²) < 4.78 is 0. The minimum Gasteiger partial charge on any atom is -0.353 e. The summed E-state index contributed by atoms with van der Waals surface area (Å²) >= 11 is 6.11. The summed E-state index contributed by atoms with van der Waals surface area (Å²) in [5.74, 6) is 0.381. The zero-order valence-corrected chi connectivity index (χ0v) is 15.2. The first-order valence-corrected chi connectivity index (χ1v) is 8.70. The highest BCUT2D eigenvalue weighted by atomic mass is 35.5. The number of rotatable bonds is 3. The molecule has 1 aromatic carbocycles. The van der Waals surface area contributed by atoms with Gasteiger partial charge >= 0.3 is 0 Å². The van der Waals surface area contributed by atoms with Gasteiger partial charge in [0, 0.05) is 35.3 Å². The molecule has 3 heterocycles. The van der Waals surface area contributed by atoms with E-state index >= 15 is 0 Å². The number of benzene rings is 1. The Balaban J connectivity index is 1.76. The van der Waals surface area contributed by atoms with Crippen LogP contribution in [0.25, 0.3) is 10.9 Å². The van der Waals surface area contributed by atoms with Crippen LogP contribution in [0.15, 0.2) is 24.3 Å². The molecule has 27 heavy (non-hydrogen) atoms. The van der Waals surface area contributed by atoms with Gasteiger partial charge in [0.2, 0.25) is 11.7 Å². The molecule has 3 N–H and O–H groups in total. The van der Waals surface area contributed by atoms with Crippen LogP contribution in [0.1, 0.15) is 16.3 Å². The highest BCUT2D eigenvalue weighted by Crippen LogP contribution is 2.26. The number of carbonyl (C=O) groups excluding carboxylic acids is 2. The molecule has 3 aromatic rings. The van der Waals surface area contributed by atoms with E-state index in [1.165, 1.54) is 4.90 Å². The van der Waals surface area contributed by atoms with Crippen LogP contribution in [-0.4, -0.2) is 56.5 Å². The number of aryl methyl sites for hydroxylation is 1. The van der Waals surface area contributed by atoms with E-state index in [1.807, 2.05) is 13.0 Å². The molecule has 2 amide bonds. The first-order valence-electron chi connectivity index (χ1n) is 8.32. The molecule has 4 rings (SSSR count). The van der Waals surface area contributed by atoms with Gasteiger partial charge in [-0.05, 0) is 25.1 Å². The van der Waals surface area contributed by atoms with Gasteiger partial charge in [-0.1, -0.05) is 11.6 Å². The lowest BCUT2D eigenvalue weighted by Gasteiger charge is -2.26. The lowest BCUT2D eigenvalue weighted by molar-refractivity contribution is -0.123. The van der Waals surface area contributed by atoms with Crippen molar-refractivity contribution in [1.82, 2.24) is 30.4 Å². The number of carbonyl (C=O) groups is 2. The Morgan fingerprint density at radius 1 is 1.30 bits per heavy atom. The maximum Gasteiger partial charge on any atom is 0.292 e. The largest absolute Gasteiger partial charge is 0.353 e. The molecule has 0 spiro atoms. The topological polar surface area (TPSA) is 116 Å². The summed E-state index contributed by atoms with van der Waals surface area (Å²) in [6, 6.07) is 6.96. The quantitative estimate of drug-likeness (QED) is 0.631. The number of aromatic amines is 1. The van der Waals surface area contributed by atoms with E-state index in [2.05, 4.69) is 30.8 Å². The highest BCUT2D eigenvalue weighted by molar-refractivity contribution is 6.31. The second-order valence-corrected chi connectivity index (χ2v) is 6.63. The first kappa shape index (κ1) is 17.2. The predicted molar refractivity (Wildman–Crippen MR) is 100 cm³/mol. The number of hydrogen-bond donors (Lipinski definition) is 3. The molecule has 2 aromatic heterocycles. The molecule has 0 saturated carbocycles. The number of H-pyrrole nitrogens is 1. The standard InChI is InChI=1S/C17H16ClN7O2/c1-9-6-13(24-23-9)21-15-11-7-10(18)2-3-12(11)20-16(22-15)17(27)25-5-4-19-14(26)8-25/h2-3,6-7H,4-5,8H2,1H3,(H,19,26)(H2,20,21,22,23,24). The number of fused-ring (bicyclic) bond motifs is 1. The highest BCUT2D eigenvalue weighted by Gasteiger charge is 2.25. The van der Waals surface area contributed by atoms with E-state index in [9.17, 15) is 9.59 Å². The maximum atomic E-state index is 12.8. The minimum absolute atomic E-state index is 0.00859. The van der Waals surface area contributed by atoms with Crippen molar-refractivity contribution in [3.63, 3.8) is 0 Å². The number of hydrogen-bond acceptors (Lipinski definition) is 6. The van der Waals surface area contributed by atoms with Gasteiger partial charge in [-0.3, -0.25) is 14.7 Å². The molecule has 10 heteroatoms. The number of amides is 2. The Bertz CT molecular complexity index is 1050. The third-order valence-electron chi connectivity index (χ3n) is 4.13. The second kappa shape index (κ2) is 6.84. The SMILES string of the molecule is Cc1cc(Nc2nc(C(=O)N3CCNC(=O)C3)nc3ccc(Cl)cc23)n[nH]1. The molecule has 1 saturated heterocycles. The van der Waals surface area contributed by atoms with Crippen LogP contribution in [-0.2, 0) is 4.79 Å². The van der Waals surface area contributed by atoms with Crippen LogP contribution in [0.5, 0.6) is 0 Å². The van der Waals surface area contributed by atoms with E-state index in [-0.39, 0.29) is 18.3 Å². The number of nitrogens with zero attached hydrogens (tertiary/aromatic N) is 4. The Labute approximate surface area is 159 Å². The molecular weight excluding hydrogens is 370 g/mol. The molecule has 0 bridgehead atoms. The lowest BCUT2D eigenvalue weighted by Crippen LogP contribution is -2.50. The van der Waals surface area contributed by atoms with Crippen molar-refractivity contribution in [2.24, 2.45) is 0 Å². The Kier molecular flexibility index (Phi) is 4.36. The Morgan fingerprint density at radius 2 is 2.15 bits per heavy atom. The summed E-state index contributed by atoms with van der Waals surface area (Å²) in [7, 11) is 0. The summed E-state index contributed by atoms with van der Waals surface area (Å²) in [4.78, 5) is 34.6. The van der Waals surface area contributed by atoms with Crippen molar-refractivity contribution < 1.29 is 9.59 Å². The molecule has 138 valence electrons. The minimum atomic E-state index is -0.400. The van der Waals surface area contributed by atoms with E-state index < -0.39 is 5.91 Å². The fourth-order valence-corrected chi connectivity index (χ4v) is 3.02. The zero-order chi connectivity index (χ0) is 19.0. The van der Waals surface area contributed by atoms with Gasteiger partial charge in [0.25, 0.3) is 5.91 Å². The van der Waals surface area contributed by atoms with Gasteiger partial charge in [-0.25, -0.2) is 9.97 Å². The molecule has 9 nitrogen and oxygen atoms in total. The number of piperazine rings is 1. The third kappa shape index (κ3) is 3.54. The van der Waals surface area contributed by atoms with Crippen molar-refractivity contribution in [2.45, 2.75) is 6.92 Å². The Hall–Kier alpha value is -3.20. The van der Waals surface area contributed by atoms with E-state index in [0.717, 1.165) is 5.69 Å². The number of anilines is 2. The predicted octanol–water partition coefficient (Wildman–Crippen LogP) is 1.63. The third-order valence-corrected chi connectivity index (χ3v) is 4.36. The molecule has 0 radical (unpaired) electrons. The molecule has 0 aliphatic carbocycles. The number of aromatic nitrogens is 4. The summed E-state index contributed by atoms with van der Waals surface area (Å²) in [6.07, 6.45) is 0. The Morgan fingerprint density at radius 3 is 2.89 bits per heavy atom. The van der Waals surface area contributed by atoms with Gasteiger partial charge in [-0.2, -0.15) is 5.10 Å². The molecular formula is C17H16ClN7O2. The van der Waals surface area contributed by atoms with Crippen molar-refractivity contribution in [3.8, 4) is 0 Å². The number of halogens is 1. The average molecular weight is 386 g/mol. The lowest BCUT2D eigenvalue weighted by atomic mass is 10.2. The molecule has 0 unspecified atom stereocenters. The van der Waals surface area contributed by atoms with E-state index in [4.69, 9.17) is 11.6 Å². The molecule has 0 atom stereocenters. The van der Waals surface area contributed by atoms with Gasteiger partial charge in [0.05, 0.1) is 5.52 Å². The average Bonchev–Trinajstić information content (AvgIpc) is 3.06. The van der Waals surface area contributed by atoms with Crippen molar-refractivity contribution in [3.05, 3.63) is 40.8 Å². The zero-order valence-electron chi connectivity index (χ0n) is 14.4. The van der Waals surface area contributed by atoms with Gasteiger partial charge < -0.3 is 15.5 Å². The molecule has 1 fully saturated rings. The number of nitrogens with one attached hydrogen (secondary N) is 3. The first-order chi connectivity index (χ1) is 13.0. The van der Waals surface area contributed by atoms with Crippen LogP contribution in [0.2, 0.25) is 5.02 Å². The monoisotopic (exact) mass is 385 g/mol. The van der Waals surface area contributed by atoms with Crippen LogP contribution in [0, 0.1) is 6.92 Å².